The fourth-order valence-electron chi connectivity index (χ4n) is 1.21. The summed E-state index contributed by atoms with van der Waals surface area (Å²) in [7, 11) is 4.14. The monoisotopic (exact) mass is 216 g/mol. The molecule has 1 aromatic heterocycles. The number of alkyl halides is 1. The summed E-state index contributed by atoms with van der Waals surface area (Å²) in [6.07, 6.45) is 3.87. The van der Waals surface area contributed by atoms with Gasteiger partial charge in [0.25, 0.3) is 0 Å². The van der Waals surface area contributed by atoms with Crippen LogP contribution in [0.2, 0.25) is 0 Å². The van der Waals surface area contributed by atoms with Gasteiger partial charge in [0.2, 0.25) is 0 Å². The van der Waals surface area contributed by atoms with Gasteiger partial charge >= 0.3 is 0 Å². The lowest BCUT2D eigenvalue weighted by Gasteiger charge is -2.07. The van der Waals surface area contributed by atoms with Crippen molar-refractivity contribution in [2.45, 2.75) is 19.4 Å². The van der Waals surface area contributed by atoms with E-state index in [0.717, 1.165) is 31.6 Å². The largest absolute Gasteiger partial charge is 0.309 e. The molecule has 5 heteroatoms. The van der Waals surface area contributed by atoms with Crippen LogP contribution in [0.1, 0.15) is 12.1 Å². The van der Waals surface area contributed by atoms with Crippen LogP contribution in [-0.4, -0.2) is 46.4 Å². The first-order valence-corrected chi connectivity index (χ1v) is 5.35. The molecule has 1 rings (SSSR count). The molecule has 0 radical (unpaired) electrons. The maximum Gasteiger partial charge on any atom is 0.0839 e. The minimum absolute atomic E-state index is 0.608. The van der Waals surface area contributed by atoms with E-state index in [9.17, 15) is 0 Å². The van der Waals surface area contributed by atoms with E-state index >= 15 is 0 Å². The fraction of sp³-hybridized carbons (Fsp3) is 0.778. The molecule has 80 valence electrons. The molecule has 0 atom stereocenters. The zero-order valence-corrected chi connectivity index (χ0v) is 9.54. The molecular weight excluding hydrogens is 200 g/mol. The van der Waals surface area contributed by atoms with E-state index in [0.29, 0.717) is 5.88 Å². The molecule has 0 aromatic carbocycles. The molecule has 0 unspecified atom stereocenters. The summed E-state index contributed by atoms with van der Waals surface area (Å²) in [6, 6.07) is 0. The number of hydrogen-bond donors (Lipinski definition) is 0. The van der Waals surface area contributed by atoms with Crippen molar-refractivity contribution in [3.05, 3.63) is 11.9 Å². The molecule has 0 spiro atoms. The average molecular weight is 217 g/mol. The first kappa shape index (κ1) is 11.5. The number of aryl methyl sites for hydroxylation is 2. The second kappa shape index (κ2) is 5.98. The zero-order chi connectivity index (χ0) is 10.4. The van der Waals surface area contributed by atoms with Gasteiger partial charge in [-0.15, -0.1) is 16.7 Å². The van der Waals surface area contributed by atoms with Crippen molar-refractivity contribution < 1.29 is 0 Å². The lowest BCUT2D eigenvalue weighted by molar-refractivity contribution is 0.379. The third kappa shape index (κ3) is 4.07. The Labute approximate surface area is 89.8 Å². The van der Waals surface area contributed by atoms with Crippen LogP contribution in [0.15, 0.2) is 6.20 Å². The Morgan fingerprint density at radius 3 is 2.93 bits per heavy atom. The van der Waals surface area contributed by atoms with Crippen LogP contribution in [0, 0.1) is 0 Å². The van der Waals surface area contributed by atoms with Crippen LogP contribution in [0.4, 0.5) is 0 Å². The van der Waals surface area contributed by atoms with Crippen molar-refractivity contribution in [3.8, 4) is 0 Å². The fourth-order valence-corrected chi connectivity index (χ4v) is 1.40. The van der Waals surface area contributed by atoms with Crippen LogP contribution < -0.4 is 0 Å². The molecule has 0 amide bonds. The molecule has 14 heavy (non-hydrogen) atoms. The molecule has 0 N–H and O–H groups in total. The smallest absolute Gasteiger partial charge is 0.0839 e. The highest BCUT2D eigenvalue weighted by atomic mass is 35.5. The second-order valence-electron chi connectivity index (χ2n) is 3.57. The second-order valence-corrected chi connectivity index (χ2v) is 3.95. The van der Waals surface area contributed by atoms with Gasteiger partial charge in [0.1, 0.15) is 0 Å². The number of hydrogen-bond acceptors (Lipinski definition) is 3. The summed E-state index contributed by atoms with van der Waals surface area (Å²) < 4.78 is 1.88. The Balaban J connectivity index is 2.28. The third-order valence-corrected chi connectivity index (χ3v) is 2.12. The van der Waals surface area contributed by atoms with Crippen LogP contribution in [0.3, 0.4) is 0 Å². The molecular formula is C9H17ClN4. The van der Waals surface area contributed by atoms with Crippen LogP contribution in [-0.2, 0) is 13.0 Å². The Bertz CT molecular complexity index is 259. The predicted molar refractivity (Wildman–Crippen MR) is 57.6 cm³/mol. The Morgan fingerprint density at radius 1 is 1.50 bits per heavy atom. The van der Waals surface area contributed by atoms with E-state index in [1.165, 1.54) is 0 Å². The van der Waals surface area contributed by atoms with Gasteiger partial charge in [0.05, 0.1) is 5.69 Å². The number of nitrogens with zero attached hydrogens (tertiary/aromatic N) is 4. The number of halogens is 1. The zero-order valence-electron chi connectivity index (χ0n) is 8.78. The Morgan fingerprint density at radius 2 is 2.29 bits per heavy atom. The summed E-state index contributed by atoms with van der Waals surface area (Å²) in [5.74, 6) is 0.608. The average Bonchev–Trinajstić information content (AvgIpc) is 2.53. The van der Waals surface area contributed by atoms with E-state index in [4.69, 9.17) is 11.6 Å². The van der Waals surface area contributed by atoms with Gasteiger partial charge in [0.15, 0.2) is 0 Å². The minimum Gasteiger partial charge on any atom is -0.309 e. The van der Waals surface area contributed by atoms with Gasteiger partial charge < -0.3 is 4.90 Å². The SMILES string of the molecule is CN(C)CCCn1cc(CCCl)nn1. The maximum atomic E-state index is 5.61. The number of aromatic nitrogens is 3. The summed E-state index contributed by atoms with van der Waals surface area (Å²) in [4.78, 5) is 2.16. The van der Waals surface area contributed by atoms with Crippen molar-refractivity contribution in [2.24, 2.45) is 0 Å². The van der Waals surface area contributed by atoms with Crippen molar-refractivity contribution >= 4 is 11.6 Å². The maximum absolute atomic E-state index is 5.61. The summed E-state index contributed by atoms with van der Waals surface area (Å²) in [6.45, 7) is 2.00. The lowest BCUT2D eigenvalue weighted by Crippen LogP contribution is -2.15. The normalized spacial score (nSPS) is 11.1. The molecule has 0 saturated carbocycles. The molecule has 1 aromatic rings. The van der Waals surface area contributed by atoms with Crippen LogP contribution in [0.5, 0.6) is 0 Å². The van der Waals surface area contributed by atoms with Crippen molar-refractivity contribution in [2.75, 3.05) is 26.5 Å². The molecule has 0 bridgehead atoms. The van der Waals surface area contributed by atoms with Gasteiger partial charge in [0, 0.05) is 25.0 Å². The first-order chi connectivity index (χ1) is 6.72. The van der Waals surface area contributed by atoms with Gasteiger partial charge in [-0.2, -0.15) is 0 Å². The Kier molecular flexibility index (Phi) is 4.90. The van der Waals surface area contributed by atoms with Crippen molar-refractivity contribution in [1.29, 1.82) is 0 Å². The highest BCUT2D eigenvalue weighted by molar-refractivity contribution is 6.17. The summed E-state index contributed by atoms with van der Waals surface area (Å²) in [5.41, 5.74) is 0.977. The van der Waals surface area contributed by atoms with E-state index < -0.39 is 0 Å². The van der Waals surface area contributed by atoms with E-state index in [-0.39, 0.29) is 0 Å². The van der Waals surface area contributed by atoms with Crippen molar-refractivity contribution in [1.82, 2.24) is 19.9 Å². The molecule has 0 aliphatic rings. The van der Waals surface area contributed by atoms with E-state index in [1.807, 2.05) is 10.9 Å². The molecule has 0 fully saturated rings. The summed E-state index contributed by atoms with van der Waals surface area (Å²) in [5, 5.41) is 8.04. The molecule has 0 saturated heterocycles. The molecule has 1 heterocycles. The van der Waals surface area contributed by atoms with Crippen LogP contribution in [0.25, 0.3) is 0 Å². The molecule has 4 nitrogen and oxygen atoms in total. The predicted octanol–water partition coefficient (Wildman–Crippen LogP) is 1.01. The van der Waals surface area contributed by atoms with E-state index in [1.54, 1.807) is 0 Å². The summed E-state index contributed by atoms with van der Waals surface area (Å²) >= 11 is 5.61. The third-order valence-electron chi connectivity index (χ3n) is 1.93. The molecule has 0 aliphatic carbocycles. The molecule has 0 aliphatic heterocycles. The standard InChI is InChI=1S/C9H17ClN4/c1-13(2)6-3-7-14-8-9(4-5-10)11-12-14/h8H,3-7H2,1-2H3. The van der Waals surface area contributed by atoms with Gasteiger partial charge in [-0.1, -0.05) is 5.21 Å². The van der Waals surface area contributed by atoms with Crippen LogP contribution >= 0.6 is 11.6 Å². The van der Waals surface area contributed by atoms with Gasteiger partial charge in [-0.05, 0) is 27.1 Å². The highest BCUT2D eigenvalue weighted by Crippen LogP contribution is 1.97. The Hall–Kier alpha value is -0.610. The highest BCUT2D eigenvalue weighted by Gasteiger charge is 1.99. The van der Waals surface area contributed by atoms with E-state index in [2.05, 4.69) is 29.3 Å². The van der Waals surface area contributed by atoms with Crippen molar-refractivity contribution in [3.63, 3.8) is 0 Å². The topological polar surface area (TPSA) is 34.0 Å². The van der Waals surface area contributed by atoms with Gasteiger partial charge in [-0.25, -0.2) is 0 Å². The quantitative estimate of drug-likeness (QED) is 0.666. The first-order valence-electron chi connectivity index (χ1n) is 4.82. The van der Waals surface area contributed by atoms with Gasteiger partial charge in [-0.3, -0.25) is 4.68 Å². The minimum atomic E-state index is 0.608. The lowest BCUT2D eigenvalue weighted by atomic mass is 10.3. The number of rotatable bonds is 6.